The largest absolute Gasteiger partial charge is 0.296 e. The molecule has 2 rings (SSSR count). The normalized spacial score (nSPS) is 10.7. The minimum atomic E-state index is -0.118. The van der Waals surface area contributed by atoms with Gasteiger partial charge in [0.1, 0.15) is 5.01 Å². The zero-order valence-corrected chi connectivity index (χ0v) is 12.1. The van der Waals surface area contributed by atoms with Gasteiger partial charge in [-0.15, -0.1) is 10.2 Å². The molecule has 5 heteroatoms. The minimum absolute atomic E-state index is 0.118. The highest BCUT2D eigenvalue weighted by Crippen LogP contribution is 2.18. The fourth-order valence-electron chi connectivity index (χ4n) is 1.87. The van der Waals surface area contributed by atoms with Crippen LogP contribution in [0.1, 0.15) is 34.8 Å². The van der Waals surface area contributed by atoms with Crippen molar-refractivity contribution in [2.75, 3.05) is 5.32 Å². The second-order valence-electron chi connectivity index (χ2n) is 4.84. The molecule has 0 aliphatic rings. The average Bonchev–Trinajstić information content (AvgIpc) is 2.74. The van der Waals surface area contributed by atoms with Gasteiger partial charge >= 0.3 is 0 Å². The lowest BCUT2D eigenvalue weighted by Crippen LogP contribution is -2.15. The highest BCUT2D eigenvalue weighted by Gasteiger charge is 2.13. The highest BCUT2D eigenvalue weighted by atomic mass is 32.1. The predicted molar refractivity (Wildman–Crippen MR) is 77.6 cm³/mol. The van der Waals surface area contributed by atoms with Crippen molar-refractivity contribution in [1.82, 2.24) is 10.2 Å². The molecule has 1 amide bonds. The molecule has 0 unspecified atom stereocenters. The first-order valence-electron chi connectivity index (χ1n) is 6.25. The van der Waals surface area contributed by atoms with Crippen LogP contribution in [0.2, 0.25) is 0 Å². The summed E-state index contributed by atoms with van der Waals surface area (Å²) in [4.78, 5) is 12.3. The van der Waals surface area contributed by atoms with Gasteiger partial charge < -0.3 is 0 Å². The summed E-state index contributed by atoms with van der Waals surface area (Å²) in [5.74, 6) is 0.394. The third-order valence-electron chi connectivity index (χ3n) is 2.64. The molecule has 1 N–H and O–H groups in total. The van der Waals surface area contributed by atoms with Crippen LogP contribution in [0.5, 0.6) is 0 Å². The van der Waals surface area contributed by atoms with Gasteiger partial charge in [0, 0.05) is 5.56 Å². The Bertz CT molecular complexity index is 578. The maximum Gasteiger partial charge on any atom is 0.257 e. The Morgan fingerprint density at radius 1 is 1.32 bits per heavy atom. The van der Waals surface area contributed by atoms with Crippen LogP contribution in [0.15, 0.2) is 24.3 Å². The molecule has 0 radical (unpaired) electrons. The summed E-state index contributed by atoms with van der Waals surface area (Å²) in [6, 6.07) is 7.69. The van der Waals surface area contributed by atoms with Crippen molar-refractivity contribution in [3.05, 3.63) is 40.4 Å². The van der Waals surface area contributed by atoms with Crippen LogP contribution in [0.4, 0.5) is 5.13 Å². The second kappa shape index (κ2) is 5.93. The Morgan fingerprint density at radius 3 is 2.68 bits per heavy atom. The lowest BCUT2D eigenvalue weighted by atomic mass is 9.98. The van der Waals surface area contributed by atoms with Gasteiger partial charge in [-0.25, -0.2) is 0 Å². The van der Waals surface area contributed by atoms with Crippen molar-refractivity contribution >= 4 is 22.4 Å². The number of rotatable bonds is 4. The Kier molecular flexibility index (Phi) is 4.27. The first-order valence-corrected chi connectivity index (χ1v) is 7.07. The molecule has 0 atom stereocenters. The molecule has 1 heterocycles. The Morgan fingerprint density at radius 2 is 2.05 bits per heavy atom. The summed E-state index contributed by atoms with van der Waals surface area (Å²) in [6.45, 7) is 6.14. The number of amides is 1. The van der Waals surface area contributed by atoms with Gasteiger partial charge in [0.15, 0.2) is 0 Å². The van der Waals surface area contributed by atoms with Crippen molar-refractivity contribution in [3.63, 3.8) is 0 Å². The predicted octanol–water partition coefficient (Wildman–Crippen LogP) is 3.30. The van der Waals surface area contributed by atoms with Crippen LogP contribution in [0.3, 0.4) is 0 Å². The Balaban J connectivity index is 2.18. The van der Waals surface area contributed by atoms with Crippen molar-refractivity contribution < 1.29 is 4.79 Å². The van der Waals surface area contributed by atoms with Gasteiger partial charge in [-0.2, -0.15) is 0 Å². The zero-order valence-electron chi connectivity index (χ0n) is 11.3. The van der Waals surface area contributed by atoms with Gasteiger partial charge in [-0.1, -0.05) is 43.4 Å². The standard InChI is InChI=1S/C14H17N3OS/c1-9(2)8-11-6-4-5-7-12(11)13(18)15-14-17-16-10(3)19-14/h4-7,9H,8H2,1-3H3,(H,15,17,18). The Hall–Kier alpha value is -1.75. The molecule has 1 aromatic heterocycles. The fourth-order valence-corrected chi connectivity index (χ4v) is 2.46. The summed E-state index contributed by atoms with van der Waals surface area (Å²) in [5.41, 5.74) is 1.78. The molecular formula is C14H17N3OS. The monoisotopic (exact) mass is 275 g/mol. The molecule has 0 aliphatic heterocycles. The number of carbonyl (C=O) groups excluding carboxylic acids is 1. The number of nitrogens with one attached hydrogen (secondary N) is 1. The number of nitrogens with zero attached hydrogens (tertiary/aromatic N) is 2. The lowest BCUT2D eigenvalue weighted by molar-refractivity contribution is 0.102. The highest BCUT2D eigenvalue weighted by molar-refractivity contribution is 7.15. The Labute approximate surface area is 116 Å². The summed E-state index contributed by atoms with van der Waals surface area (Å²) in [7, 11) is 0. The second-order valence-corrected chi connectivity index (χ2v) is 6.02. The third-order valence-corrected chi connectivity index (χ3v) is 3.39. The van der Waals surface area contributed by atoms with Crippen LogP contribution in [-0.2, 0) is 6.42 Å². The number of aromatic nitrogens is 2. The van der Waals surface area contributed by atoms with Gasteiger partial charge in [0.2, 0.25) is 5.13 Å². The number of anilines is 1. The van der Waals surface area contributed by atoms with Crippen LogP contribution >= 0.6 is 11.3 Å². The number of carbonyl (C=O) groups is 1. The molecule has 19 heavy (non-hydrogen) atoms. The summed E-state index contributed by atoms with van der Waals surface area (Å²) < 4.78 is 0. The summed E-state index contributed by atoms with van der Waals surface area (Å²) in [5, 5.41) is 12.0. The SMILES string of the molecule is Cc1nnc(NC(=O)c2ccccc2CC(C)C)s1. The van der Waals surface area contributed by atoms with E-state index in [2.05, 4.69) is 29.4 Å². The van der Waals surface area contributed by atoms with E-state index in [0.29, 0.717) is 16.6 Å². The van der Waals surface area contributed by atoms with Gasteiger partial charge in [-0.05, 0) is 30.9 Å². The molecule has 0 spiro atoms. The fraction of sp³-hybridized carbons (Fsp3) is 0.357. The number of aryl methyl sites for hydroxylation is 1. The van der Waals surface area contributed by atoms with Crippen molar-refractivity contribution in [2.45, 2.75) is 27.2 Å². The molecular weight excluding hydrogens is 258 g/mol. The average molecular weight is 275 g/mol. The van der Waals surface area contributed by atoms with Gasteiger partial charge in [-0.3, -0.25) is 10.1 Å². The maximum atomic E-state index is 12.3. The number of benzene rings is 1. The zero-order chi connectivity index (χ0) is 13.8. The molecule has 100 valence electrons. The van der Waals surface area contributed by atoms with E-state index < -0.39 is 0 Å². The van der Waals surface area contributed by atoms with E-state index in [-0.39, 0.29) is 5.91 Å². The summed E-state index contributed by atoms with van der Waals surface area (Å²) >= 11 is 1.38. The summed E-state index contributed by atoms with van der Waals surface area (Å²) in [6.07, 6.45) is 0.888. The third kappa shape index (κ3) is 3.61. The molecule has 2 aromatic rings. The molecule has 4 nitrogen and oxygen atoms in total. The lowest BCUT2D eigenvalue weighted by Gasteiger charge is -2.10. The minimum Gasteiger partial charge on any atom is -0.296 e. The van der Waals surface area contributed by atoms with Crippen LogP contribution in [0, 0.1) is 12.8 Å². The molecule has 0 saturated heterocycles. The van der Waals surface area contributed by atoms with Crippen molar-refractivity contribution in [2.24, 2.45) is 5.92 Å². The van der Waals surface area contributed by atoms with Crippen LogP contribution < -0.4 is 5.32 Å². The number of hydrogen-bond acceptors (Lipinski definition) is 4. The first-order chi connectivity index (χ1) is 9.06. The van der Waals surface area contributed by atoms with E-state index in [1.165, 1.54) is 11.3 Å². The van der Waals surface area contributed by atoms with Gasteiger partial charge in [0.05, 0.1) is 0 Å². The van der Waals surface area contributed by atoms with E-state index in [9.17, 15) is 4.79 Å². The molecule has 0 bridgehead atoms. The van der Waals surface area contributed by atoms with Crippen molar-refractivity contribution in [3.8, 4) is 0 Å². The van der Waals surface area contributed by atoms with E-state index in [4.69, 9.17) is 0 Å². The first kappa shape index (κ1) is 13.7. The van der Waals surface area contributed by atoms with Crippen molar-refractivity contribution in [1.29, 1.82) is 0 Å². The maximum absolute atomic E-state index is 12.3. The number of hydrogen-bond donors (Lipinski definition) is 1. The smallest absolute Gasteiger partial charge is 0.257 e. The molecule has 0 fully saturated rings. The quantitative estimate of drug-likeness (QED) is 0.931. The van der Waals surface area contributed by atoms with Crippen LogP contribution in [-0.4, -0.2) is 16.1 Å². The molecule has 1 aromatic carbocycles. The molecule has 0 aliphatic carbocycles. The van der Waals surface area contributed by atoms with Crippen LogP contribution in [0.25, 0.3) is 0 Å². The van der Waals surface area contributed by atoms with Gasteiger partial charge in [0.25, 0.3) is 5.91 Å². The van der Waals surface area contributed by atoms with E-state index in [0.717, 1.165) is 17.0 Å². The topological polar surface area (TPSA) is 54.9 Å². The molecule has 0 saturated carbocycles. The van der Waals surface area contributed by atoms with E-state index >= 15 is 0 Å². The van der Waals surface area contributed by atoms with E-state index in [1.54, 1.807) is 0 Å². The van der Waals surface area contributed by atoms with E-state index in [1.807, 2.05) is 31.2 Å².